The molecule has 38 heavy (non-hydrogen) atoms. The molecular weight excluding hydrogens is 480 g/mol. The fraction of sp³-hybridized carbons (Fsp3) is 0.188. The normalized spacial score (nSPS) is 15.7. The molecule has 1 atom stereocenters. The fourth-order valence-electron chi connectivity index (χ4n) is 5.22. The third kappa shape index (κ3) is 4.50. The van der Waals surface area contributed by atoms with E-state index in [9.17, 15) is 14.7 Å². The van der Waals surface area contributed by atoms with Gasteiger partial charge in [-0.2, -0.15) is 0 Å². The molecule has 0 saturated heterocycles. The average Bonchev–Trinajstić information content (AvgIpc) is 3.41. The van der Waals surface area contributed by atoms with Crippen molar-refractivity contribution in [1.82, 2.24) is 0 Å². The Morgan fingerprint density at radius 2 is 1.74 bits per heavy atom. The zero-order chi connectivity index (χ0) is 26.1. The minimum atomic E-state index is -0.525. The first-order chi connectivity index (χ1) is 18.6. The van der Waals surface area contributed by atoms with Crippen molar-refractivity contribution in [3.63, 3.8) is 0 Å². The van der Waals surface area contributed by atoms with E-state index >= 15 is 0 Å². The number of carbonyl (C=O) groups excluding carboxylic acids is 2. The summed E-state index contributed by atoms with van der Waals surface area (Å²) in [4.78, 5) is 25.7. The van der Waals surface area contributed by atoms with E-state index in [-0.39, 0.29) is 29.3 Å². The number of para-hydroxylation sites is 1. The molecule has 6 rings (SSSR count). The maximum Gasteiger partial charge on any atom is 0.312 e. The highest BCUT2D eigenvalue weighted by Gasteiger charge is 2.34. The summed E-state index contributed by atoms with van der Waals surface area (Å²) in [6.45, 7) is 1.17. The fourth-order valence-corrected chi connectivity index (χ4v) is 5.22. The summed E-state index contributed by atoms with van der Waals surface area (Å²) in [5.41, 5.74) is 4.19. The summed E-state index contributed by atoms with van der Waals surface area (Å²) >= 11 is 0. The van der Waals surface area contributed by atoms with Gasteiger partial charge in [0.05, 0.1) is 25.2 Å². The smallest absolute Gasteiger partial charge is 0.312 e. The SMILES string of the molecule is O=C1C[C@H](c2ccccc2OCCc2ccc3c(c2)CCO3)c2c(ccc(C(=O)c3ccccc3)c2O)O1. The van der Waals surface area contributed by atoms with Crippen LogP contribution in [-0.4, -0.2) is 30.1 Å². The molecule has 2 aliphatic rings. The lowest BCUT2D eigenvalue weighted by molar-refractivity contribution is -0.135. The van der Waals surface area contributed by atoms with Crippen molar-refractivity contribution < 1.29 is 28.9 Å². The van der Waals surface area contributed by atoms with Crippen molar-refractivity contribution >= 4 is 11.8 Å². The van der Waals surface area contributed by atoms with Gasteiger partial charge in [-0.15, -0.1) is 0 Å². The Kier molecular flexibility index (Phi) is 6.30. The first-order valence-electron chi connectivity index (χ1n) is 12.7. The van der Waals surface area contributed by atoms with E-state index in [0.717, 1.165) is 24.3 Å². The van der Waals surface area contributed by atoms with Crippen LogP contribution in [0.1, 0.15) is 50.5 Å². The zero-order valence-electron chi connectivity index (χ0n) is 20.7. The number of rotatable bonds is 7. The van der Waals surface area contributed by atoms with Crippen molar-refractivity contribution in [3.8, 4) is 23.0 Å². The molecule has 0 radical (unpaired) electrons. The first-order valence-corrected chi connectivity index (χ1v) is 12.7. The number of aromatic hydroxyl groups is 1. The average molecular weight is 507 g/mol. The molecule has 4 aromatic carbocycles. The van der Waals surface area contributed by atoms with Gasteiger partial charge in [0.1, 0.15) is 23.0 Å². The second-order valence-corrected chi connectivity index (χ2v) is 9.48. The quantitative estimate of drug-likeness (QED) is 0.199. The van der Waals surface area contributed by atoms with Gasteiger partial charge < -0.3 is 19.3 Å². The van der Waals surface area contributed by atoms with E-state index in [1.54, 1.807) is 30.3 Å². The Hall–Kier alpha value is -4.58. The van der Waals surface area contributed by atoms with E-state index < -0.39 is 11.9 Å². The van der Waals surface area contributed by atoms with Crippen LogP contribution in [0.2, 0.25) is 0 Å². The van der Waals surface area contributed by atoms with Gasteiger partial charge in [0.15, 0.2) is 5.78 Å². The highest BCUT2D eigenvalue weighted by Crippen LogP contribution is 2.47. The van der Waals surface area contributed by atoms with Crippen LogP contribution in [0.3, 0.4) is 0 Å². The number of fused-ring (bicyclic) bond motifs is 2. The first kappa shape index (κ1) is 23.8. The molecule has 2 aliphatic heterocycles. The monoisotopic (exact) mass is 506 g/mol. The van der Waals surface area contributed by atoms with Crippen LogP contribution >= 0.6 is 0 Å². The number of hydrogen-bond donors (Lipinski definition) is 1. The maximum atomic E-state index is 13.2. The van der Waals surface area contributed by atoms with Gasteiger partial charge in [0.25, 0.3) is 0 Å². The molecule has 6 heteroatoms. The van der Waals surface area contributed by atoms with Crippen molar-refractivity contribution in [2.24, 2.45) is 0 Å². The maximum absolute atomic E-state index is 13.2. The molecule has 0 aromatic heterocycles. The summed E-state index contributed by atoms with van der Waals surface area (Å²) < 4.78 is 17.3. The number of esters is 1. The van der Waals surface area contributed by atoms with Crippen molar-refractivity contribution in [3.05, 3.63) is 118 Å². The lowest BCUT2D eigenvalue weighted by atomic mass is 9.83. The predicted molar refractivity (Wildman–Crippen MR) is 141 cm³/mol. The number of benzene rings is 4. The Morgan fingerprint density at radius 3 is 2.61 bits per heavy atom. The van der Waals surface area contributed by atoms with Crippen LogP contribution in [0.15, 0.2) is 84.9 Å². The van der Waals surface area contributed by atoms with Crippen LogP contribution in [0.4, 0.5) is 0 Å². The minimum absolute atomic E-state index is 0.0226. The lowest BCUT2D eigenvalue weighted by Gasteiger charge is -2.27. The standard InChI is InChI=1S/C32H26O6/c33-29-19-25(30-28(38-29)13-11-24(32(30)35)31(34)21-6-2-1-3-7-21)23-8-4-5-9-27(23)37-16-14-20-10-12-26-22(18-20)15-17-36-26/h1-13,18,25,35H,14-17,19H2/t25-/m1/s1. The molecular formula is C32H26O6. The van der Waals surface area contributed by atoms with Gasteiger partial charge in [-0.05, 0) is 35.4 Å². The third-order valence-electron chi connectivity index (χ3n) is 7.10. The van der Waals surface area contributed by atoms with Crippen LogP contribution in [0.25, 0.3) is 0 Å². The van der Waals surface area contributed by atoms with E-state index in [1.807, 2.05) is 36.4 Å². The van der Waals surface area contributed by atoms with Crippen LogP contribution in [-0.2, 0) is 17.6 Å². The number of phenolic OH excluding ortho intramolecular Hbond substituents is 1. The molecule has 0 saturated carbocycles. The highest BCUT2D eigenvalue weighted by atomic mass is 16.5. The highest BCUT2D eigenvalue weighted by molar-refractivity contribution is 6.11. The summed E-state index contributed by atoms with van der Waals surface area (Å²) in [6.07, 6.45) is 1.66. The molecule has 4 aromatic rings. The van der Waals surface area contributed by atoms with Crippen LogP contribution in [0.5, 0.6) is 23.0 Å². The largest absolute Gasteiger partial charge is 0.507 e. The number of phenols is 1. The summed E-state index contributed by atoms with van der Waals surface area (Å²) in [7, 11) is 0. The van der Waals surface area contributed by atoms with E-state index in [0.29, 0.717) is 29.9 Å². The molecule has 0 bridgehead atoms. The van der Waals surface area contributed by atoms with Crippen molar-refractivity contribution in [1.29, 1.82) is 0 Å². The lowest BCUT2D eigenvalue weighted by Crippen LogP contribution is -2.22. The van der Waals surface area contributed by atoms with Gasteiger partial charge >= 0.3 is 5.97 Å². The zero-order valence-corrected chi connectivity index (χ0v) is 20.7. The predicted octanol–water partition coefficient (Wildman–Crippen LogP) is 5.62. The summed E-state index contributed by atoms with van der Waals surface area (Å²) in [5, 5.41) is 11.3. The van der Waals surface area contributed by atoms with E-state index in [1.165, 1.54) is 17.2 Å². The van der Waals surface area contributed by atoms with Gasteiger partial charge in [0.2, 0.25) is 0 Å². The Bertz CT molecular complexity index is 1520. The molecule has 0 spiro atoms. The van der Waals surface area contributed by atoms with E-state index in [2.05, 4.69) is 12.1 Å². The number of hydrogen-bond acceptors (Lipinski definition) is 6. The molecule has 1 N–H and O–H groups in total. The van der Waals surface area contributed by atoms with Gasteiger partial charge in [-0.25, -0.2) is 0 Å². The molecule has 0 unspecified atom stereocenters. The van der Waals surface area contributed by atoms with E-state index in [4.69, 9.17) is 14.2 Å². The van der Waals surface area contributed by atoms with Gasteiger partial charge in [-0.1, -0.05) is 60.7 Å². The number of ether oxygens (including phenoxy) is 3. The second kappa shape index (κ2) is 10.1. The summed E-state index contributed by atoms with van der Waals surface area (Å²) in [5.74, 6) is 0.426. The van der Waals surface area contributed by atoms with Gasteiger partial charge in [-0.3, -0.25) is 9.59 Å². The van der Waals surface area contributed by atoms with Crippen molar-refractivity contribution in [2.75, 3.05) is 13.2 Å². The molecule has 0 amide bonds. The third-order valence-corrected chi connectivity index (χ3v) is 7.10. The number of ketones is 1. The van der Waals surface area contributed by atoms with Crippen LogP contribution in [0, 0.1) is 0 Å². The second-order valence-electron chi connectivity index (χ2n) is 9.48. The number of carbonyl (C=O) groups is 2. The summed E-state index contributed by atoms with van der Waals surface area (Å²) in [6, 6.07) is 25.6. The Morgan fingerprint density at radius 1 is 0.947 bits per heavy atom. The van der Waals surface area contributed by atoms with Gasteiger partial charge in [0, 0.05) is 35.4 Å². The molecule has 0 aliphatic carbocycles. The van der Waals surface area contributed by atoms with Crippen LogP contribution < -0.4 is 14.2 Å². The molecule has 0 fully saturated rings. The molecule has 190 valence electrons. The Labute approximate surface area is 220 Å². The van der Waals surface area contributed by atoms with Crippen molar-refractivity contribution in [2.45, 2.75) is 25.2 Å². The minimum Gasteiger partial charge on any atom is -0.507 e. The topological polar surface area (TPSA) is 82.1 Å². The molecule has 6 nitrogen and oxygen atoms in total. The Balaban J connectivity index is 1.29. The molecule has 2 heterocycles.